The van der Waals surface area contributed by atoms with Crippen molar-refractivity contribution in [2.45, 2.75) is 44.6 Å². The van der Waals surface area contributed by atoms with E-state index < -0.39 is 5.60 Å². The van der Waals surface area contributed by atoms with Crippen molar-refractivity contribution in [3.63, 3.8) is 0 Å². The van der Waals surface area contributed by atoms with Crippen LogP contribution in [-0.2, 0) is 16.0 Å². The molecular weight excluding hydrogens is 216 g/mol. The Bertz CT molecular complexity index is 359. The summed E-state index contributed by atoms with van der Waals surface area (Å²) in [6.07, 6.45) is 5.75. The molecule has 0 spiro atoms. The van der Waals surface area contributed by atoms with Gasteiger partial charge in [-0.1, -0.05) is 6.92 Å². The Balaban J connectivity index is 2.05. The quantitative estimate of drug-likeness (QED) is 0.806. The predicted molar refractivity (Wildman–Crippen MR) is 64.8 cm³/mol. The number of methoxy groups -OCH3 is 1. The van der Waals surface area contributed by atoms with Crippen LogP contribution in [0.3, 0.4) is 0 Å². The van der Waals surface area contributed by atoms with Crippen LogP contribution in [0.1, 0.15) is 38.4 Å². The highest BCUT2D eigenvalue weighted by atomic mass is 16.5. The predicted octanol–water partition coefficient (Wildman–Crippen LogP) is 2.99. The van der Waals surface area contributed by atoms with Crippen LogP contribution in [0.15, 0.2) is 22.8 Å². The molecule has 0 bridgehead atoms. The molecular formula is C14H20O3. The van der Waals surface area contributed by atoms with E-state index >= 15 is 0 Å². The fourth-order valence-corrected chi connectivity index (χ4v) is 2.56. The van der Waals surface area contributed by atoms with E-state index in [1.165, 1.54) is 0 Å². The van der Waals surface area contributed by atoms with Crippen LogP contribution in [0, 0.1) is 5.92 Å². The summed E-state index contributed by atoms with van der Waals surface area (Å²) >= 11 is 0. The lowest BCUT2D eigenvalue weighted by atomic mass is 9.76. The zero-order valence-corrected chi connectivity index (χ0v) is 10.6. The Labute approximate surface area is 102 Å². The molecule has 1 aromatic heterocycles. The SMILES string of the molecule is COC1(C(=O)Cc2ccco2)CCC(C)CC1. The Hall–Kier alpha value is -1.09. The molecule has 17 heavy (non-hydrogen) atoms. The lowest BCUT2D eigenvalue weighted by Crippen LogP contribution is -2.44. The van der Waals surface area contributed by atoms with Crippen LogP contribution in [0.4, 0.5) is 0 Å². The van der Waals surface area contributed by atoms with Gasteiger partial charge in [-0.25, -0.2) is 0 Å². The lowest BCUT2D eigenvalue weighted by molar-refractivity contribution is -0.145. The van der Waals surface area contributed by atoms with Crippen molar-refractivity contribution in [2.24, 2.45) is 5.92 Å². The average Bonchev–Trinajstić information content (AvgIpc) is 2.83. The topological polar surface area (TPSA) is 39.4 Å². The van der Waals surface area contributed by atoms with Crippen molar-refractivity contribution >= 4 is 5.78 Å². The van der Waals surface area contributed by atoms with Gasteiger partial charge in [0.25, 0.3) is 0 Å². The number of carbonyl (C=O) groups is 1. The minimum absolute atomic E-state index is 0.154. The normalized spacial score (nSPS) is 29.2. The minimum atomic E-state index is -0.570. The van der Waals surface area contributed by atoms with Gasteiger partial charge in [0.1, 0.15) is 11.4 Å². The maximum absolute atomic E-state index is 12.3. The largest absolute Gasteiger partial charge is 0.469 e. The van der Waals surface area contributed by atoms with Crippen LogP contribution < -0.4 is 0 Å². The standard InChI is InChI=1S/C14H20O3/c1-11-5-7-14(16-2,8-6-11)13(15)10-12-4-3-9-17-12/h3-4,9,11H,5-8,10H2,1-2H3. The molecule has 0 aliphatic heterocycles. The van der Waals surface area contributed by atoms with Gasteiger partial charge >= 0.3 is 0 Å². The number of furan rings is 1. The number of ketones is 1. The minimum Gasteiger partial charge on any atom is -0.469 e. The van der Waals surface area contributed by atoms with Crippen LogP contribution in [0.2, 0.25) is 0 Å². The molecule has 3 nitrogen and oxygen atoms in total. The van der Waals surface area contributed by atoms with E-state index in [0.717, 1.165) is 31.4 Å². The van der Waals surface area contributed by atoms with Gasteiger partial charge in [0.15, 0.2) is 5.78 Å². The molecule has 0 atom stereocenters. The maximum atomic E-state index is 12.3. The molecule has 0 unspecified atom stereocenters. The van der Waals surface area contributed by atoms with Gasteiger partial charge in [-0.2, -0.15) is 0 Å². The molecule has 1 aromatic rings. The average molecular weight is 236 g/mol. The number of hydrogen-bond donors (Lipinski definition) is 0. The van der Waals surface area contributed by atoms with Gasteiger partial charge in [0.2, 0.25) is 0 Å². The Morgan fingerprint density at radius 1 is 1.53 bits per heavy atom. The van der Waals surface area contributed by atoms with Crippen molar-refractivity contribution < 1.29 is 13.9 Å². The Morgan fingerprint density at radius 2 is 2.24 bits per heavy atom. The molecule has 94 valence electrons. The number of ether oxygens (including phenoxy) is 1. The summed E-state index contributed by atoms with van der Waals surface area (Å²) in [5.41, 5.74) is -0.570. The lowest BCUT2D eigenvalue weighted by Gasteiger charge is -2.36. The van der Waals surface area contributed by atoms with Gasteiger partial charge in [-0.15, -0.1) is 0 Å². The van der Waals surface area contributed by atoms with Crippen molar-refractivity contribution in [3.05, 3.63) is 24.2 Å². The summed E-state index contributed by atoms with van der Waals surface area (Å²) in [6.45, 7) is 2.23. The van der Waals surface area contributed by atoms with Gasteiger partial charge in [0.05, 0.1) is 12.7 Å². The number of carbonyl (C=O) groups excluding carboxylic acids is 1. The zero-order valence-electron chi connectivity index (χ0n) is 10.6. The Kier molecular flexibility index (Phi) is 3.67. The maximum Gasteiger partial charge on any atom is 0.172 e. The summed E-state index contributed by atoms with van der Waals surface area (Å²) in [4.78, 5) is 12.3. The first-order valence-electron chi connectivity index (χ1n) is 6.27. The molecule has 3 heteroatoms. The second-order valence-corrected chi connectivity index (χ2v) is 5.06. The highest BCUT2D eigenvalue weighted by Gasteiger charge is 2.40. The van der Waals surface area contributed by atoms with E-state index in [9.17, 15) is 4.79 Å². The van der Waals surface area contributed by atoms with Crippen molar-refractivity contribution in [2.75, 3.05) is 7.11 Å². The van der Waals surface area contributed by atoms with Crippen LogP contribution >= 0.6 is 0 Å². The molecule has 1 fully saturated rings. The van der Waals surface area contributed by atoms with Gasteiger partial charge in [-0.3, -0.25) is 4.79 Å². The van der Waals surface area contributed by atoms with E-state index in [0.29, 0.717) is 12.3 Å². The highest BCUT2D eigenvalue weighted by Crippen LogP contribution is 2.35. The van der Waals surface area contributed by atoms with Crippen molar-refractivity contribution in [1.29, 1.82) is 0 Å². The molecule has 1 aliphatic carbocycles. The number of Topliss-reactive ketones (excluding diaryl/α,β-unsaturated/α-hetero) is 1. The first kappa shape index (κ1) is 12.4. The van der Waals surface area contributed by atoms with Crippen molar-refractivity contribution in [3.8, 4) is 0 Å². The summed E-state index contributed by atoms with van der Waals surface area (Å²) < 4.78 is 10.8. The number of rotatable bonds is 4. The molecule has 0 aromatic carbocycles. The van der Waals surface area contributed by atoms with Gasteiger partial charge in [-0.05, 0) is 43.7 Å². The van der Waals surface area contributed by atoms with Crippen LogP contribution in [-0.4, -0.2) is 18.5 Å². The smallest absolute Gasteiger partial charge is 0.172 e. The van der Waals surface area contributed by atoms with Gasteiger partial charge in [0, 0.05) is 7.11 Å². The van der Waals surface area contributed by atoms with E-state index in [1.54, 1.807) is 13.4 Å². The molecule has 1 saturated carbocycles. The fourth-order valence-electron chi connectivity index (χ4n) is 2.56. The second kappa shape index (κ2) is 5.05. The summed E-state index contributed by atoms with van der Waals surface area (Å²) in [6, 6.07) is 3.65. The highest BCUT2D eigenvalue weighted by molar-refractivity contribution is 5.88. The summed E-state index contributed by atoms with van der Waals surface area (Å²) in [7, 11) is 1.65. The zero-order chi connectivity index (χ0) is 12.3. The first-order chi connectivity index (χ1) is 8.16. The number of hydrogen-bond acceptors (Lipinski definition) is 3. The third-order valence-electron chi connectivity index (χ3n) is 3.90. The third kappa shape index (κ3) is 2.60. The molecule has 0 radical (unpaired) electrons. The van der Waals surface area contributed by atoms with Gasteiger partial charge < -0.3 is 9.15 Å². The molecule has 0 saturated heterocycles. The monoisotopic (exact) mass is 236 g/mol. The second-order valence-electron chi connectivity index (χ2n) is 5.06. The molecule has 2 rings (SSSR count). The molecule has 0 N–H and O–H groups in total. The van der Waals surface area contributed by atoms with E-state index in [4.69, 9.17) is 9.15 Å². The summed E-state index contributed by atoms with van der Waals surface area (Å²) in [5.74, 6) is 1.58. The molecule has 0 amide bonds. The van der Waals surface area contributed by atoms with Crippen molar-refractivity contribution in [1.82, 2.24) is 0 Å². The van der Waals surface area contributed by atoms with Crippen LogP contribution in [0.5, 0.6) is 0 Å². The van der Waals surface area contributed by atoms with E-state index in [1.807, 2.05) is 12.1 Å². The molecule has 1 aliphatic rings. The third-order valence-corrected chi connectivity index (χ3v) is 3.90. The van der Waals surface area contributed by atoms with E-state index in [2.05, 4.69) is 6.92 Å². The van der Waals surface area contributed by atoms with E-state index in [-0.39, 0.29) is 5.78 Å². The fraction of sp³-hybridized carbons (Fsp3) is 0.643. The summed E-state index contributed by atoms with van der Waals surface area (Å²) in [5, 5.41) is 0. The first-order valence-corrected chi connectivity index (χ1v) is 6.27. The van der Waals surface area contributed by atoms with Crippen LogP contribution in [0.25, 0.3) is 0 Å². The Morgan fingerprint density at radius 3 is 2.76 bits per heavy atom. The molecule has 1 heterocycles.